The molecule has 0 aromatic rings. The molecule has 2 unspecified atom stereocenters. The van der Waals surface area contributed by atoms with Crippen LogP contribution in [0.2, 0.25) is 0 Å². The SMILES string of the molecule is CC1(C)C(NC(=O)C(F)(F)F)CC1C(=O)O. The Morgan fingerprint density at radius 2 is 1.88 bits per heavy atom. The number of amides is 1. The number of hydrogen-bond donors (Lipinski definition) is 2. The Morgan fingerprint density at radius 1 is 1.38 bits per heavy atom. The molecule has 7 heteroatoms. The lowest BCUT2D eigenvalue weighted by molar-refractivity contribution is -0.179. The summed E-state index contributed by atoms with van der Waals surface area (Å²) in [6, 6.07) is -0.747. The van der Waals surface area contributed by atoms with E-state index in [0.29, 0.717) is 0 Å². The Morgan fingerprint density at radius 3 is 2.19 bits per heavy atom. The normalized spacial score (nSPS) is 28.1. The number of aliphatic carboxylic acids is 1. The molecule has 4 nitrogen and oxygen atoms in total. The van der Waals surface area contributed by atoms with Crippen LogP contribution >= 0.6 is 0 Å². The number of nitrogens with one attached hydrogen (secondary N) is 1. The first-order valence-corrected chi connectivity index (χ1v) is 4.67. The lowest BCUT2D eigenvalue weighted by atomic mass is 9.58. The highest BCUT2D eigenvalue weighted by molar-refractivity contribution is 5.82. The molecule has 0 aromatic carbocycles. The van der Waals surface area contributed by atoms with Gasteiger partial charge in [0.1, 0.15) is 0 Å². The van der Waals surface area contributed by atoms with Crippen LogP contribution in [0.15, 0.2) is 0 Å². The summed E-state index contributed by atoms with van der Waals surface area (Å²) in [5.74, 6) is -3.79. The van der Waals surface area contributed by atoms with Crippen LogP contribution in [0.5, 0.6) is 0 Å². The van der Waals surface area contributed by atoms with E-state index in [0.717, 1.165) is 0 Å². The minimum atomic E-state index is -4.93. The third-order valence-corrected chi connectivity index (χ3v) is 3.13. The number of carboxylic acids is 1. The van der Waals surface area contributed by atoms with Gasteiger partial charge in [-0.2, -0.15) is 13.2 Å². The Labute approximate surface area is 89.8 Å². The molecule has 1 aliphatic carbocycles. The Balaban J connectivity index is 2.62. The van der Waals surface area contributed by atoms with Gasteiger partial charge in [0.05, 0.1) is 5.92 Å². The van der Waals surface area contributed by atoms with E-state index < -0.39 is 35.4 Å². The third-order valence-electron chi connectivity index (χ3n) is 3.13. The van der Waals surface area contributed by atoms with Crippen molar-refractivity contribution in [3.8, 4) is 0 Å². The molecule has 92 valence electrons. The zero-order valence-corrected chi connectivity index (χ0v) is 8.76. The third kappa shape index (κ3) is 2.12. The molecular weight excluding hydrogens is 227 g/mol. The molecule has 1 rings (SSSR count). The summed E-state index contributed by atoms with van der Waals surface area (Å²) in [5, 5.41) is 10.5. The van der Waals surface area contributed by atoms with Gasteiger partial charge in [-0.05, 0) is 11.8 Å². The highest BCUT2D eigenvalue weighted by atomic mass is 19.4. The summed E-state index contributed by atoms with van der Waals surface area (Å²) in [4.78, 5) is 21.3. The molecule has 0 bridgehead atoms. The van der Waals surface area contributed by atoms with E-state index >= 15 is 0 Å². The quantitative estimate of drug-likeness (QED) is 0.760. The Hall–Kier alpha value is -1.27. The highest BCUT2D eigenvalue weighted by Crippen LogP contribution is 2.46. The average molecular weight is 239 g/mol. The van der Waals surface area contributed by atoms with Crippen LogP contribution < -0.4 is 5.32 Å². The topological polar surface area (TPSA) is 66.4 Å². The van der Waals surface area contributed by atoms with Crippen molar-refractivity contribution in [1.29, 1.82) is 0 Å². The Bertz CT molecular complexity index is 324. The van der Waals surface area contributed by atoms with Crippen molar-refractivity contribution >= 4 is 11.9 Å². The summed E-state index contributed by atoms with van der Waals surface area (Å²) >= 11 is 0. The van der Waals surface area contributed by atoms with Crippen LogP contribution in [0.4, 0.5) is 13.2 Å². The largest absolute Gasteiger partial charge is 0.481 e. The van der Waals surface area contributed by atoms with Crippen LogP contribution in [-0.2, 0) is 9.59 Å². The van der Waals surface area contributed by atoms with Gasteiger partial charge >= 0.3 is 18.1 Å². The fraction of sp³-hybridized carbons (Fsp3) is 0.778. The molecule has 2 N–H and O–H groups in total. The maximum atomic E-state index is 11.9. The number of hydrogen-bond acceptors (Lipinski definition) is 2. The molecule has 0 aliphatic heterocycles. The van der Waals surface area contributed by atoms with Gasteiger partial charge in [0.25, 0.3) is 0 Å². The molecule has 0 heterocycles. The van der Waals surface area contributed by atoms with Crippen LogP contribution in [0.25, 0.3) is 0 Å². The second-order valence-corrected chi connectivity index (χ2v) is 4.47. The maximum Gasteiger partial charge on any atom is 0.471 e. The number of alkyl halides is 3. The summed E-state index contributed by atoms with van der Waals surface area (Å²) in [5.41, 5.74) is -0.854. The molecule has 2 atom stereocenters. The first-order valence-electron chi connectivity index (χ1n) is 4.67. The molecule has 0 saturated heterocycles. The summed E-state index contributed by atoms with van der Waals surface area (Å²) < 4.78 is 35.8. The van der Waals surface area contributed by atoms with Crippen molar-refractivity contribution in [2.24, 2.45) is 11.3 Å². The van der Waals surface area contributed by atoms with Gasteiger partial charge in [-0.15, -0.1) is 0 Å². The number of rotatable bonds is 2. The summed E-state index contributed by atoms with van der Waals surface area (Å²) in [6.07, 6.45) is -4.89. The fourth-order valence-corrected chi connectivity index (χ4v) is 1.83. The van der Waals surface area contributed by atoms with E-state index in [4.69, 9.17) is 5.11 Å². The van der Waals surface area contributed by atoms with Gasteiger partial charge in [-0.25, -0.2) is 0 Å². The van der Waals surface area contributed by atoms with E-state index in [-0.39, 0.29) is 6.42 Å². The molecule has 1 fully saturated rings. The molecule has 0 aromatic heterocycles. The minimum Gasteiger partial charge on any atom is -0.481 e. The van der Waals surface area contributed by atoms with Crippen molar-refractivity contribution in [3.63, 3.8) is 0 Å². The van der Waals surface area contributed by atoms with Crippen molar-refractivity contribution in [1.82, 2.24) is 5.32 Å². The van der Waals surface area contributed by atoms with Gasteiger partial charge in [0, 0.05) is 6.04 Å². The lowest BCUT2D eigenvalue weighted by Crippen LogP contribution is -2.62. The number of carboxylic acid groups (broad SMARTS) is 1. The molecule has 16 heavy (non-hydrogen) atoms. The van der Waals surface area contributed by atoms with Crippen LogP contribution in [0.3, 0.4) is 0 Å². The van der Waals surface area contributed by atoms with Crippen LogP contribution in [0, 0.1) is 11.3 Å². The van der Waals surface area contributed by atoms with E-state index in [1.54, 1.807) is 5.32 Å². The molecule has 1 aliphatic rings. The number of halogens is 3. The second kappa shape index (κ2) is 3.64. The molecule has 1 saturated carbocycles. The smallest absolute Gasteiger partial charge is 0.471 e. The predicted molar refractivity (Wildman–Crippen MR) is 47.5 cm³/mol. The van der Waals surface area contributed by atoms with Crippen molar-refractivity contribution < 1.29 is 27.9 Å². The average Bonchev–Trinajstić information content (AvgIpc) is 2.08. The number of carbonyl (C=O) groups excluding carboxylic acids is 1. The Kier molecular flexibility index (Phi) is 2.91. The van der Waals surface area contributed by atoms with E-state index in [9.17, 15) is 22.8 Å². The van der Waals surface area contributed by atoms with E-state index in [1.807, 2.05) is 0 Å². The lowest BCUT2D eigenvalue weighted by Gasteiger charge is -2.49. The monoisotopic (exact) mass is 239 g/mol. The van der Waals surface area contributed by atoms with E-state index in [1.165, 1.54) is 13.8 Å². The molecular formula is C9H12F3NO3. The zero-order chi connectivity index (χ0) is 12.7. The predicted octanol–water partition coefficient (Wildman–Crippen LogP) is 1.16. The second-order valence-electron chi connectivity index (χ2n) is 4.47. The summed E-state index contributed by atoms with van der Waals surface area (Å²) in [7, 11) is 0. The van der Waals surface area contributed by atoms with Crippen LogP contribution in [-0.4, -0.2) is 29.2 Å². The molecule has 1 amide bonds. The van der Waals surface area contributed by atoms with Crippen molar-refractivity contribution in [3.05, 3.63) is 0 Å². The first kappa shape index (κ1) is 12.8. The fourth-order valence-electron chi connectivity index (χ4n) is 1.83. The van der Waals surface area contributed by atoms with Gasteiger partial charge in [0.15, 0.2) is 0 Å². The number of carbonyl (C=O) groups is 2. The first-order chi connectivity index (χ1) is 7.06. The molecule has 0 spiro atoms. The van der Waals surface area contributed by atoms with E-state index in [2.05, 4.69) is 0 Å². The standard InChI is InChI=1S/C9H12F3NO3/c1-8(2)4(6(14)15)3-5(8)13-7(16)9(10,11)12/h4-5H,3H2,1-2H3,(H,13,16)(H,14,15). The zero-order valence-electron chi connectivity index (χ0n) is 8.76. The minimum absolute atomic E-state index is 0.0319. The van der Waals surface area contributed by atoms with Gasteiger partial charge < -0.3 is 10.4 Å². The van der Waals surface area contributed by atoms with Gasteiger partial charge in [0.2, 0.25) is 0 Å². The van der Waals surface area contributed by atoms with Gasteiger partial charge in [-0.1, -0.05) is 13.8 Å². The maximum absolute atomic E-state index is 11.9. The van der Waals surface area contributed by atoms with Crippen molar-refractivity contribution in [2.75, 3.05) is 0 Å². The highest BCUT2D eigenvalue weighted by Gasteiger charge is 2.54. The van der Waals surface area contributed by atoms with Gasteiger partial charge in [-0.3, -0.25) is 9.59 Å². The van der Waals surface area contributed by atoms with Crippen molar-refractivity contribution in [2.45, 2.75) is 32.5 Å². The van der Waals surface area contributed by atoms with Crippen LogP contribution in [0.1, 0.15) is 20.3 Å². The summed E-state index contributed by atoms with van der Waals surface area (Å²) in [6.45, 7) is 3.05. The molecule has 0 radical (unpaired) electrons.